The summed E-state index contributed by atoms with van der Waals surface area (Å²) in [4.78, 5) is 0. The third-order valence-corrected chi connectivity index (χ3v) is 2.16. The fourth-order valence-corrected chi connectivity index (χ4v) is 1.56. The Hall–Kier alpha value is -1.22. The van der Waals surface area contributed by atoms with Crippen molar-refractivity contribution < 1.29 is 9.47 Å². The second-order valence-electron chi connectivity index (χ2n) is 4.31. The maximum absolute atomic E-state index is 6.00. The Bertz CT molecular complexity index is 307. The Balaban J connectivity index is 3.11. The smallest absolute Gasteiger partial charge is 0.125 e. The van der Waals surface area contributed by atoms with Gasteiger partial charge in [0.25, 0.3) is 0 Å². The first-order chi connectivity index (χ1) is 6.98. The molecule has 15 heavy (non-hydrogen) atoms. The van der Waals surface area contributed by atoms with Gasteiger partial charge in [-0.1, -0.05) is 6.07 Å². The van der Waals surface area contributed by atoms with E-state index in [4.69, 9.17) is 15.2 Å². The molecule has 0 aliphatic rings. The molecule has 0 bridgehead atoms. The van der Waals surface area contributed by atoms with Crippen LogP contribution in [0.3, 0.4) is 0 Å². The Kier molecular flexibility index (Phi) is 3.58. The molecule has 0 saturated heterocycles. The predicted molar refractivity (Wildman–Crippen MR) is 61.5 cm³/mol. The van der Waals surface area contributed by atoms with Crippen LogP contribution in [0.5, 0.6) is 11.5 Å². The number of rotatable bonds is 4. The molecule has 1 aromatic rings. The van der Waals surface area contributed by atoms with E-state index in [-0.39, 0.29) is 5.54 Å². The quantitative estimate of drug-likeness (QED) is 0.824. The van der Waals surface area contributed by atoms with Crippen LogP contribution in [0.25, 0.3) is 0 Å². The van der Waals surface area contributed by atoms with Crippen molar-refractivity contribution in [3.05, 3.63) is 23.8 Å². The monoisotopic (exact) mass is 209 g/mol. The van der Waals surface area contributed by atoms with Gasteiger partial charge in [-0.05, 0) is 32.4 Å². The van der Waals surface area contributed by atoms with E-state index >= 15 is 0 Å². The van der Waals surface area contributed by atoms with Crippen molar-refractivity contribution in [1.29, 1.82) is 0 Å². The van der Waals surface area contributed by atoms with Gasteiger partial charge in [0.15, 0.2) is 0 Å². The van der Waals surface area contributed by atoms with Gasteiger partial charge in [0.1, 0.15) is 11.5 Å². The average molecular weight is 209 g/mol. The molecule has 1 rings (SSSR count). The summed E-state index contributed by atoms with van der Waals surface area (Å²) in [5.74, 6) is 1.65. The summed E-state index contributed by atoms with van der Waals surface area (Å²) < 4.78 is 10.6. The highest BCUT2D eigenvalue weighted by Crippen LogP contribution is 2.30. The summed E-state index contributed by atoms with van der Waals surface area (Å²) in [5.41, 5.74) is 6.75. The van der Waals surface area contributed by atoms with Gasteiger partial charge < -0.3 is 15.2 Å². The Labute approximate surface area is 91.2 Å². The molecule has 0 heterocycles. The van der Waals surface area contributed by atoms with E-state index in [2.05, 4.69) is 0 Å². The second kappa shape index (κ2) is 4.53. The molecule has 3 nitrogen and oxygen atoms in total. The molecule has 0 saturated carbocycles. The molecule has 1 aromatic carbocycles. The zero-order valence-corrected chi connectivity index (χ0v) is 9.83. The van der Waals surface area contributed by atoms with Crippen molar-refractivity contribution in [2.45, 2.75) is 25.8 Å². The zero-order chi connectivity index (χ0) is 11.5. The van der Waals surface area contributed by atoms with Crippen LogP contribution in [0.4, 0.5) is 0 Å². The van der Waals surface area contributed by atoms with E-state index in [1.165, 1.54) is 0 Å². The lowest BCUT2D eigenvalue weighted by Gasteiger charge is -2.21. The van der Waals surface area contributed by atoms with E-state index in [0.29, 0.717) is 0 Å². The van der Waals surface area contributed by atoms with E-state index < -0.39 is 0 Å². The van der Waals surface area contributed by atoms with Crippen molar-refractivity contribution in [3.63, 3.8) is 0 Å². The van der Waals surface area contributed by atoms with Crippen molar-refractivity contribution in [3.8, 4) is 11.5 Å². The SMILES string of the molecule is COc1cccc(OC)c1CC(C)(C)N. The van der Waals surface area contributed by atoms with Gasteiger partial charge in [0.2, 0.25) is 0 Å². The fourth-order valence-electron chi connectivity index (χ4n) is 1.56. The van der Waals surface area contributed by atoms with Gasteiger partial charge in [0.05, 0.1) is 14.2 Å². The molecule has 0 atom stereocenters. The van der Waals surface area contributed by atoms with Gasteiger partial charge in [-0.15, -0.1) is 0 Å². The Morgan fingerprint density at radius 1 is 1.13 bits per heavy atom. The Morgan fingerprint density at radius 3 is 1.93 bits per heavy atom. The van der Waals surface area contributed by atoms with Gasteiger partial charge >= 0.3 is 0 Å². The number of hydrogen-bond acceptors (Lipinski definition) is 3. The summed E-state index contributed by atoms with van der Waals surface area (Å²) in [5, 5.41) is 0. The molecule has 0 aliphatic heterocycles. The van der Waals surface area contributed by atoms with E-state index in [1.807, 2.05) is 32.0 Å². The van der Waals surface area contributed by atoms with Crippen LogP contribution in [0.2, 0.25) is 0 Å². The highest BCUT2D eigenvalue weighted by Gasteiger charge is 2.18. The summed E-state index contributed by atoms with van der Waals surface area (Å²) in [6, 6.07) is 5.75. The minimum absolute atomic E-state index is 0.276. The van der Waals surface area contributed by atoms with Crippen LogP contribution >= 0.6 is 0 Å². The van der Waals surface area contributed by atoms with E-state index in [9.17, 15) is 0 Å². The average Bonchev–Trinajstić information content (AvgIpc) is 2.16. The van der Waals surface area contributed by atoms with Crippen LogP contribution in [0.15, 0.2) is 18.2 Å². The highest BCUT2D eigenvalue weighted by atomic mass is 16.5. The third-order valence-electron chi connectivity index (χ3n) is 2.16. The molecular weight excluding hydrogens is 190 g/mol. The summed E-state index contributed by atoms with van der Waals surface area (Å²) >= 11 is 0. The number of nitrogens with two attached hydrogens (primary N) is 1. The first-order valence-electron chi connectivity index (χ1n) is 4.96. The minimum Gasteiger partial charge on any atom is -0.496 e. The second-order valence-corrected chi connectivity index (χ2v) is 4.31. The van der Waals surface area contributed by atoms with Crippen molar-refractivity contribution >= 4 is 0 Å². The molecule has 3 heteroatoms. The van der Waals surface area contributed by atoms with Gasteiger partial charge in [-0.25, -0.2) is 0 Å². The van der Waals surface area contributed by atoms with Gasteiger partial charge in [0, 0.05) is 11.1 Å². The maximum Gasteiger partial charge on any atom is 0.125 e. The van der Waals surface area contributed by atoms with Crippen molar-refractivity contribution in [2.75, 3.05) is 14.2 Å². The number of hydrogen-bond donors (Lipinski definition) is 1. The van der Waals surface area contributed by atoms with Crippen molar-refractivity contribution in [1.82, 2.24) is 0 Å². The number of benzene rings is 1. The zero-order valence-electron chi connectivity index (χ0n) is 9.83. The molecule has 0 aromatic heterocycles. The first kappa shape index (κ1) is 11.9. The third kappa shape index (κ3) is 3.13. The molecule has 0 aliphatic carbocycles. The molecule has 0 spiro atoms. The normalized spacial score (nSPS) is 11.3. The molecular formula is C12H19NO2. The highest BCUT2D eigenvalue weighted by molar-refractivity contribution is 5.45. The molecule has 84 valence electrons. The van der Waals surface area contributed by atoms with E-state index in [0.717, 1.165) is 23.5 Å². The summed E-state index contributed by atoms with van der Waals surface area (Å²) in [7, 11) is 3.31. The molecule has 2 N–H and O–H groups in total. The van der Waals surface area contributed by atoms with Crippen LogP contribution < -0.4 is 15.2 Å². The van der Waals surface area contributed by atoms with E-state index in [1.54, 1.807) is 14.2 Å². The first-order valence-corrected chi connectivity index (χ1v) is 4.96. The molecule has 0 fully saturated rings. The lowest BCUT2D eigenvalue weighted by atomic mass is 9.95. The van der Waals surface area contributed by atoms with Gasteiger partial charge in [-0.2, -0.15) is 0 Å². The van der Waals surface area contributed by atoms with Crippen LogP contribution in [-0.4, -0.2) is 19.8 Å². The van der Waals surface area contributed by atoms with Crippen LogP contribution in [-0.2, 0) is 6.42 Å². The largest absolute Gasteiger partial charge is 0.496 e. The van der Waals surface area contributed by atoms with Gasteiger partial charge in [-0.3, -0.25) is 0 Å². The topological polar surface area (TPSA) is 44.5 Å². The molecule has 0 unspecified atom stereocenters. The van der Waals surface area contributed by atoms with Crippen molar-refractivity contribution in [2.24, 2.45) is 5.73 Å². The lowest BCUT2D eigenvalue weighted by Crippen LogP contribution is -2.34. The standard InChI is InChI=1S/C12H19NO2/c1-12(2,13)8-9-10(14-3)6-5-7-11(9)15-4/h5-7H,8,13H2,1-4H3. The van der Waals surface area contributed by atoms with Crippen LogP contribution in [0, 0.1) is 0 Å². The maximum atomic E-state index is 6.00. The lowest BCUT2D eigenvalue weighted by molar-refractivity contribution is 0.375. The van der Waals surface area contributed by atoms with Crippen LogP contribution in [0.1, 0.15) is 19.4 Å². The Morgan fingerprint density at radius 2 is 1.60 bits per heavy atom. The predicted octanol–water partition coefficient (Wildman–Crippen LogP) is 1.98. The molecule has 0 amide bonds. The fraction of sp³-hybridized carbons (Fsp3) is 0.500. The number of ether oxygens (including phenoxy) is 2. The summed E-state index contributed by atoms with van der Waals surface area (Å²) in [6.45, 7) is 3.97. The summed E-state index contributed by atoms with van der Waals surface area (Å²) in [6.07, 6.45) is 0.722. The minimum atomic E-state index is -0.276. The molecule has 0 radical (unpaired) electrons. The number of methoxy groups -OCH3 is 2.